The van der Waals surface area contributed by atoms with E-state index in [0.29, 0.717) is 23.7 Å². The number of anilines is 1. The molecule has 3 heterocycles. The molecule has 41 heavy (non-hydrogen) atoms. The van der Waals surface area contributed by atoms with Gasteiger partial charge in [-0.15, -0.1) is 0 Å². The van der Waals surface area contributed by atoms with E-state index in [4.69, 9.17) is 0 Å². The summed E-state index contributed by atoms with van der Waals surface area (Å²) < 4.78 is 82.2. The predicted octanol–water partition coefficient (Wildman–Crippen LogP) is 5.49. The van der Waals surface area contributed by atoms with Crippen molar-refractivity contribution in [2.24, 2.45) is 11.3 Å². The van der Waals surface area contributed by atoms with Crippen molar-refractivity contribution >= 4 is 11.6 Å². The van der Waals surface area contributed by atoms with E-state index in [1.165, 1.54) is 26.7 Å². The van der Waals surface area contributed by atoms with Gasteiger partial charge in [0.2, 0.25) is 0 Å². The Bertz CT molecular complexity index is 1540. The maximum absolute atomic E-state index is 13.7. The van der Waals surface area contributed by atoms with Gasteiger partial charge in [-0.1, -0.05) is 6.92 Å². The summed E-state index contributed by atoms with van der Waals surface area (Å²) in [5.41, 5.74) is -0.377. The van der Waals surface area contributed by atoms with Gasteiger partial charge in [-0.3, -0.25) is 9.59 Å². The van der Waals surface area contributed by atoms with Crippen LogP contribution in [0.2, 0.25) is 0 Å². The van der Waals surface area contributed by atoms with Crippen molar-refractivity contribution in [3.05, 3.63) is 86.6 Å². The summed E-state index contributed by atoms with van der Waals surface area (Å²) in [5, 5.41) is 0. The molecule has 4 aliphatic rings. The van der Waals surface area contributed by atoms with Crippen LogP contribution in [0.3, 0.4) is 0 Å². The van der Waals surface area contributed by atoms with Crippen molar-refractivity contribution in [3.8, 4) is 0 Å². The number of benzene rings is 1. The Morgan fingerprint density at radius 3 is 2.20 bits per heavy atom. The van der Waals surface area contributed by atoms with Crippen molar-refractivity contribution in [1.82, 2.24) is 14.4 Å². The standard InChI is InChI=1S/C29H28F6N4O2/c1-4-17-12-37(15-22-21-10-27(17,21)22)23-5-6-24-26(41)38(20(13-36(2)3)14-39(24)25(23)40)11-16-7-18(28(30,31)32)9-19(8-16)29(33,34)35/h5-9,12,15,20-21H,4,10-11,13-14H2,1-3H3. The zero-order valence-electron chi connectivity index (χ0n) is 22.6. The summed E-state index contributed by atoms with van der Waals surface area (Å²) in [6, 6.07) is 3.71. The average Bonchev–Trinajstić information content (AvgIpc) is 3.76. The van der Waals surface area contributed by atoms with E-state index in [2.05, 4.69) is 6.92 Å². The molecule has 3 unspecified atom stereocenters. The number of hydrogen-bond donors (Lipinski definition) is 0. The fraction of sp³-hybridized carbons (Fsp3) is 0.448. The van der Waals surface area contributed by atoms with Crippen LogP contribution in [-0.2, 0) is 25.4 Å². The summed E-state index contributed by atoms with van der Waals surface area (Å²) in [6.07, 6.45) is -4.03. The van der Waals surface area contributed by atoms with Gasteiger partial charge in [0, 0.05) is 37.4 Å². The number of carbonyl (C=O) groups excluding carboxylic acids is 1. The van der Waals surface area contributed by atoms with Gasteiger partial charge in [-0.2, -0.15) is 26.3 Å². The highest BCUT2D eigenvalue weighted by Crippen LogP contribution is 2.84. The summed E-state index contributed by atoms with van der Waals surface area (Å²) in [4.78, 5) is 32.2. The van der Waals surface area contributed by atoms with Crippen LogP contribution in [0.4, 0.5) is 32.0 Å². The normalized spacial score (nSPS) is 25.0. The van der Waals surface area contributed by atoms with Crippen LogP contribution >= 0.6 is 0 Å². The molecule has 1 amide bonds. The third-order valence-corrected chi connectivity index (χ3v) is 8.62. The lowest BCUT2D eigenvalue weighted by Crippen LogP contribution is -2.54. The minimum absolute atomic E-state index is 0.0341. The largest absolute Gasteiger partial charge is 0.416 e. The highest BCUT2D eigenvalue weighted by Gasteiger charge is 2.77. The Kier molecular flexibility index (Phi) is 6.05. The van der Waals surface area contributed by atoms with Gasteiger partial charge in [-0.05, 0) is 79.9 Å². The van der Waals surface area contributed by atoms with Crippen LogP contribution in [0.25, 0.3) is 0 Å². The number of likely N-dealkylation sites (N-methyl/N-ethyl adjacent to an activating group) is 1. The third-order valence-electron chi connectivity index (χ3n) is 8.62. The second-order valence-electron chi connectivity index (χ2n) is 11.5. The number of hydrogen-bond acceptors (Lipinski definition) is 4. The highest BCUT2D eigenvalue weighted by atomic mass is 19.4. The van der Waals surface area contributed by atoms with Crippen LogP contribution in [0.1, 0.15) is 46.9 Å². The maximum atomic E-state index is 13.7. The SMILES string of the molecule is CCC1=CN(c2ccc3n(c2=O)CC(CN(C)C)N(Cc2cc(C(F)(F)F)cc(C(F)(F)F)c2)C3=O)C=C2C3CC123. The predicted molar refractivity (Wildman–Crippen MR) is 139 cm³/mol. The summed E-state index contributed by atoms with van der Waals surface area (Å²) >= 11 is 0. The Balaban J connectivity index is 1.36. The Morgan fingerprint density at radius 2 is 1.63 bits per heavy atom. The summed E-state index contributed by atoms with van der Waals surface area (Å²) in [5.74, 6) is -0.0886. The number of amides is 1. The van der Waals surface area contributed by atoms with Crippen LogP contribution in [0.15, 0.2) is 58.7 Å². The number of nitrogens with zero attached hydrogens (tertiary/aromatic N) is 4. The van der Waals surface area contributed by atoms with E-state index in [-0.39, 0.29) is 41.4 Å². The molecule has 2 aromatic rings. The first-order valence-corrected chi connectivity index (χ1v) is 13.3. The van der Waals surface area contributed by atoms with Crippen molar-refractivity contribution in [2.75, 3.05) is 25.5 Å². The molecular formula is C29H28F6N4O2. The number of aromatic nitrogens is 1. The van der Waals surface area contributed by atoms with E-state index in [9.17, 15) is 35.9 Å². The molecule has 2 fully saturated rings. The van der Waals surface area contributed by atoms with E-state index < -0.39 is 42.0 Å². The van der Waals surface area contributed by atoms with Gasteiger partial charge in [-0.25, -0.2) is 0 Å². The molecule has 12 heteroatoms. The number of allylic oxidation sites excluding steroid dienone is 2. The van der Waals surface area contributed by atoms with E-state index >= 15 is 0 Å². The van der Waals surface area contributed by atoms with Crippen LogP contribution in [0, 0.1) is 11.3 Å². The number of halogens is 6. The molecule has 3 atom stereocenters. The Labute approximate surface area is 232 Å². The molecule has 6 nitrogen and oxygen atoms in total. The second kappa shape index (κ2) is 8.98. The van der Waals surface area contributed by atoms with Gasteiger partial charge in [0.1, 0.15) is 11.4 Å². The van der Waals surface area contributed by atoms with Crippen molar-refractivity contribution in [1.29, 1.82) is 0 Å². The van der Waals surface area contributed by atoms with Gasteiger partial charge in [0.05, 0.1) is 17.2 Å². The molecule has 2 saturated carbocycles. The van der Waals surface area contributed by atoms with Crippen molar-refractivity contribution < 1.29 is 31.1 Å². The molecule has 0 saturated heterocycles. The van der Waals surface area contributed by atoms with Gasteiger partial charge < -0.3 is 19.3 Å². The minimum Gasteiger partial charge on any atom is -0.327 e. The molecule has 0 bridgehead atoms. The summed E-state index contributed by atoms with van der Waals surface area (Å²) in [6.45, 7) is 1.88. The lowest BCUT2D eigenvalue weighted by Gasteiger charge is -2.39. The fourth-order valence-electron chi connectivity index (χ4n) is 6.43. The lowest BCUT2D eigenvalue weighted by atomic mass is 9.97. The first-order chi connectivity index (χ1) is 19.1. The smallest absolute Gasteiger partial charge is 0.327 e. The van der Waals surface area contributed by atoms with Crippen molar-refractivity contribution in [3.63, 3.8) is 0 Å². The molecule has 0 radical (unpaired) electrons. The first-order valence-electron chi connectivity index (χ1n) is 13.3. The quantitative estimate of drug-likeness (QED) is 0.426. The van der Waals surface area contributed by atoms with E-state index in [1.807, 2.05) is 12.4 Å². The van der Waals surface area contributed by atoms with E-state index in [0.717, 1.165) is 12.8 Å². The molecule has 2 aliphatic carbocycles. The Hall–Kier alpha value is -3.54. The second-order valence-corrected chi connectivity index (χ2v) is 11.5. The molecule has 6 rings (SSSR count). The first kappa shape index (κ1) is 27.6. The monoisotopic (exact) mass is 578 g/mol. The minimum atomic E-state index is -5.00. The van der Waals surface area contributed by atoms with Crippen LogP contribution in [0.5, 0.6) is 0 Å². The number of fused-ring (bicyclic) bond motifs is 2. The third kappa shape index (κ3) is 4.47. The maximum Gasteiger partial charge on any atom is 0.416 e. The Morgan fingerprint density at radius 1 is 0.976 bits per heavy atom. The van der Waals surface area contributed by atoms with Crippen molar-refractivity contribution in [2.45, 2.75) is 51.2 Å². The molecule has 218 valence electrons. The number of rotatable bonds is 6. The van der Waals surface area contributed by atoms with Gasteiger partial charge in [0.25, 0.3) is 11.5 Å². The summed E-state index contributed by atoms with van der Waals surface area (Å²) in [7, 11) is 3.47. The topological polar surface area (TPSA) is 48.8 Å². The number of pyridine rings is 1. The zero-order chi connectivity index (χ0) is 29.6. The highest BCUT2D eigenvalue weighted by molar-refractivity contribution is 5.94. The van der Waals surface area contributed by atoms with Crippen LogP contribution < -0.4 is 10.5 Å². The molecule has 2 aliphatic heterocycles. The molecule has 1 aromatic carbocycles. The number of carbonyl (C=O) groups is 1. The average molecular weight is 579 g/mol. The molecule has 1 spiro atoms. The van der Waals surface area contributed by atoms with E-state index in [1.54, 1.807) is 30.0 Å². The zero-order valence-corrected chi connectivity index (χ0v) is 22.6. The molecule has 1 aromatic heterocycles. The van der Waals surface area contributed by atoms with Gasteiger partial charge >= 0.3 is 12.4 Å². The molecule has 0 N–H and O–H groups in total. The van der Waals surface area contributed by atoms with Gasteiger partial charge in [0.15, 0.2) is 0 Å². The number of alkyl halides is 6. The lowest BCUT2D eigenvalue weighted by molar-refractivity contribution is -0.143. The molecular weight excluding hydrogens is 550 g/mol. The van der Waals surface area contributed by atoms with Crippen LogP contribution in [-0.4, -0.2) is 47.0 Å². The fourth-order valence-corrected chi connectivity index (χ4v) is 6.43.